The number of hydrogen-bond donors (Lipinski definition) is 3. The maximum atomic E-state index is 12.2. The van der Waals surface area contributed by atoms with Crippen LogP contribution in [0.25, 0.3) is 20.4 Å². The van der Waals surface area contributed by atoms with Crippen LogP contribution in [0.1, 0.15) is 82.7 Å². The second kappa shape index (κ2) is 15.8. The standard InChI is InChI=1S/C22H21ClN4O2S.C22H22N4O3S/c1-3-22(21(23)28)5-4-14-17(8-22)30-20-18(14)19(25-11-26-20)27-15-6-12-9-24-10-13(12)7-16(15)29-2;1-3-22(21(27)28)5-4-14-17(8-22)30-20-18(14)19(24-11-25-20)26-15-6-12-9-23-10-13(12)7-16(15)29-2/h6-7,9,11H,3-5,8,10H2,1-2H3,(H,25,26,27);6-7,9,11H,3-5,8,10H2,1-2H3,(H,27,28)(H,24,25,26)/t2*22-/m00/s1. The quantitative estimate of drug-likeness (QED) is 0.112. The zero-order chi connectivity index (χ0) is 41.8. The first kappa shape index (κ1) is 39.9. The Hall–Kier alpha value is -5.51. The summed E-state index contributed by atoms with van der Waals surface area (Å²) in [6.45, 7) is 5.35. The Kier molecular flexibility index (Phi) is 10.5. The molecule has 0 saturated carbocycles. The Labute approximate surface area is 359 Å². The molecule has 2 aliphatic carbocycles. The highest BCUT2D eigenvalue weighted by Crippen LogP contribution is 2.49. The minimum Gasteiger partial charge on any atom is -0.495 e. The van der Waals surface area contributed by atoms with Gasteiger partial charge >= 0.3 is 5.97 Å². The molecule has 0 amide bonds. The van der Waals surface area contributed by atoms with Gasteiger partial charge in [0.2, 0.25) is 5.24 Å². The molecule has 6 aromatic rings. The van der Waals surface area contributed by atoms with Crippen molar-refractivity contribution in [2.75, 3.05) is 24.9 Å². The molecule has 4 aromatic heterocycles. The Morgan fingerprint density at radius 1 is 0.733 bits per heavy atom. The van der Waals surface area contributed by atoms with Gasteiger partial charge in [0.25, 0.3) is 0 Å². The van der Waals surface area contributed by atoms with Gasteiger partial charge in [-0.2, -0.15) is 0 Å². The molecule has 60 heavy (non-hydrogen) atoms. The van der Waals surface area contributed by atoms with Crippen LogP contribution in [0, 0.1) is 10.8 Å². The van der Waals surface area contributed by atoms with Crippen LogP contribution in [0.3, 0.4) is 0 Å². The molecule has 3 N–H and O–H groups in total. The molecule has 0 radical (unpaired) electrons. The van der Waals surface area contributed by atoms with Crippen molar-refractivity contribution in [2.45, 2.75) is 78.3 Å². The molecule has 0 fully saturated rings. The van der Waals surface area contributed by atoms with E-state index >= 15 is 0 Å². The first-order chi connectivity index (χ1) is 29.1. The number of carboxylic acid groups (broad SMARTS) is 1. The monoisotopic (exact) mass is 862 g/mol. The fourth-order valence-corrected chi connectivity index (χ4v) is 11.9. The maximum Gasteiger partial charge on any atom is 0.309 e. The van der Waals surface area contributed by atoms with Gasteiger partial charge in [0.1, 0.15) is 45.5 Å². The molecular weight excluding hydrogens is 820 g/mol. The lowest BCUT2D eigenvalue weighted by atomic mass is 9.72. The molecule has 0 unspecified atom stereocenters. The number of nitrogens with zero attached hydrogens (tertiary/aromatic N) is 6. The van der Waals surface area contributed by atoms with Crippen LogP contribution >= 0.6 is 34.3 Å². The van der Waals surface area contributed by atoms with E-state index < -0.39 is 16.8 Å². The molecule has 2 aliphatic heterocycles. The fraction of sp³-hybridized carbons (Fsp3) is 0.364. The lowest BCUT2D eigenvalue weighted by Gasteiger charge is -2.32. The van der Waals surface area contributed by atoms with Gasteiger partial charge < -0.3 is 25.2 Å². The van der Waals surface area contributed by atoms with E-state index in [-0.39, 0.29) is 5.24 Å². The summed E-state index contributed by atoms with van der Waals surface area (Å²) < 4.78 is 11.2. The van der Waals surface area contributed by atoms with Crippen LogP contribution < -0.4 is 20.1 Å². The molecule has 0 spiro atoms. The zero-order valence-corrected chi connectivity index (χ0v) is 36.0. The van der Waals surface area contributed by atoms with E-state index in [0.717, 1.165) is 101 Å². The summed E-state index contributed by atoms with van der Waals surface area (Å²) in [7, 11) is 3.32. The number of benzene rings is 2. The van der Waals surface area contributed by atoms with E-state index in [4.69, 9.17) is 21.1 Å². The SMILES string of the molecule is CC[C@]1(C(=O)Cl)CCc2c(sc3ncnc(Nc4cc5c(cc4OC)CN=C5)c23)C1.CC[C@]1(C(=O)O)CCc2c(sc3ncnc(Nc4cc5c(cc4OC)CN=C5)c23)C1. The Morgan fingerprint density at radius 2 is 1.20 bits per heavy atom. The Morgan fingerprint density at radius 3 is 1.63 bits per heavy atom. The second-order valence-electron chi connectivity index (χ2n) is 15.7. The molecule has 308 valence electrons. The number of aliphatic imine (C=N–C) groups is 2. The number of anilines is 4. The molecule has 6 heterocycles. The van der Waals surface area contributed by atoms with Crippen molar-refractivity contribution in [3.63, 3.8) is 0 Å². The van der Waals surface area contributed by atoms with Gasteiger partial charge in [-0.25, -0.2) is 19.9 Å². The van der Waals surface area contributed by atoms with Crippen molar-refractivity contribution in [1.82, 2.24) is 19.9 Å². The summed E-state index contributed by atoms with van der Waals surface area (Å²) >= 11 is 9.22. The van der Waals surface area contributed by atoms with E-state index in [1.165, 1.54) is 16.0 Å². The number of carbonyl (C=O) groups is 2. The van der Waals surface area contributed by atoms with Gasteiger partial charge in [-0.1, -0.05) is 13.8 Å². The number of hydrogen-bond acceptors (Lipinski definition) is 14. The number of thiophene rings is 2. The van der Waals surface area contributed by atoms with Crippen LogP contribution in [0.2, 0.25) is 0 Å². The van der Waals surface area contributed by atoms with E-state index in [2.05, 4.69) is 40.6 Å². The molecule has 0 bridgehead atoms. The van der Waals surface area contributed by atoms with Gasteiger partial charge in [0.15, 0.2) is 0 Å². The normalized spacial score (nSPS) is 19.6. The zero-order valence-electron chi connectivity index (χ0n) is 33.6. The number of fused-ring (bicyclic) bond motifs is 8. The topological polar surface area (TPSA) is 173 Å². The Bertz CT molecular complexity index is 2600. The minimum absolute atomic E-state index is 0.234. The number of carboxylic acids is 1. The average Bonchev–Trinajstić information content (AvgIpc) is 4.07. The summed E-state index contributed by atoms with van der Waals surface area (Å²) in [5.74, 6) is 2.28. The number of halogens is 1. The number of aryl methyl sites for hydroxylation is 2. The van der Waals surface area contributed by atoms with Crippen molar-refractivity contribution in [2.24, 2.45) is 20.8 Å². The van der Waals surface area contributed by atoms with Gasteiger partial charge in [-0.3, -0.25) is 19.6 Å². The van der Waals surface area contributed by atoms with Crippen LogP contribution in [-0.4, -0.2) is 62.9 Å². The second-order valence-corrected chi connectivity index (χ2v) is 18.2. The summed E-state index contributed by atoms with van der Waals surface area (Å²) in [6.07, 6.45) is 12.4. The summed E-state index contributed by atoms with van der Waals surface area (Å²) in [5, 5.41) is 18.5. The number of carbonyl (C=O) groups excluding carboxylic acids is 1. The third-order valence-electron chi connectivity index (χ3n) is 12.7. The predicted molar refractivity (Wildman–Crippen MR) is 238 cm³/mol. The van der Waals surface area contributed by atoms with E-state index in [0.29, 0.717) is 45.2 Å². The number of methoxy groups -OCH3 is 2. The van der Waals surface area contributed by atoms with Crippen molar-refractivity contribution in [1.29, 1.82) is 0 Å². The number of ether oxygens (including phenoxy) is 2. The number of aromatic nitrogens is 4. The van der Waals surface area contributed by atoms with Crippen molar-refractivity contribution in [3.8, 4) is 11.5 Å². The Balaban J connectivity index is 0.000000154. The predicted octanol–water partition coefficient (Wildman–Crippen LogP) is 9.37. The summed E-state index contributed by atoms with van der Waals surface area (Å²) in [5.41, 5.74) is 7.37. The van der Waals surface area contributed by atoms with E-state index in [1.807, 2.05) is 50.5 Å². The minimum atomic E-state index is -0.706. The summed E-state index contributed by atoms with van der Waals surface area (Å²) in [4.78, 5) is 54.9. The van der Waals surface area contributed by atoms with E-state index in [9.17, 15) is 14.7 Å². The lowest BCUT2D eigenvalue weighted by Crippen LogP contribution is -2.35. The molecule has 16 heteroatoms. The third-order valence-corrected chi connectivity index (χ3v) is 15.4. The number of aliphatic carboxylic acids is 1. The smallest absolute Gasteiger partial charge is 0.309 e. The van der Waals surface area contributed by atoms with Crippen LogP contribution in [0.4, 0.5) is 23.0 Å². The molecular formula is C44H43ClN8O5S2. The maximum absolute atomic E-state index is 12.2. The van der Waals surface area contributed by atoms with Crippen molar-refractivity contribution >= 4 is 101 Å². The highest BCUT2D eigenvalue weighted by atomic mass is 35.5. The van der Waals surface area contributed by atoms with Crippen LogP contribution in [-0.2, 0) is 48.4 Å². The van der Waals surface area contributed by atoms with Crippen molar-refractivity contribution < 1.29 is 24.2 Å². The van der Waals surface area contributed by atoms with Gasteiger partial charge in [0, 0.05) is 27.6 Å². The lowest BCUT2D eigenvalue weighted by molar-refractivity contribution is -0.150. The van der Waals surface area contributed by atoms with E-state index in [1.54, 1.807) is 49.5 Å². The van der Waals surface area contributed by atoms with Gasteiger partial charge in [0.05, 0.1) is 54.9 Å². The first-order valence-corrected chi connectivity index (χ1v) is 22.0. The molecule has 10 rings (SSSR count). The molecule has 4 aliphatic rings. The van der Waals surface area contributed by atoms with Gasteiger partial charge in [-0.15, -0.1) is 22.7 Å². The number of nitrogens with one attached hydrogen (secondary N) is 2. The van der Waals surface area contributed by atoms with Crippen LogP contribution in [0.15, 0.2) is 46.9 Å². The largest absolute Gasteiger partial charge is 0.495 e. The highest BCUT2D eigenvalue weighted by Gasteiger charge is 2.42. The first-order valence-electron chi connectivity index (χ1n) is 20.0. The highest BCUT2D eigenvalue weighted by molar-refractivity contribution is 7.19. The van der Waals surface area contributed by atoms with Gasteiger partial charge in [-0.05, 0) is 121 Å². The van der Waals surface area contributed by atoms with Crippen LogP contribution in [0.5, 0.6) is 11.5 Å². The number of rotatable bonds is 10. The van der Waals surface area contributed by atoms with Crippen molar-refractivity contribution in [3.05, 3.63) is 80.1 Å². The molecule has 13 nitrogen and oxygen atoms in total. The molecule has 0 saturated heterocycles. The summed E-state index contributed by atoms with van der Waals surface area (Å²) in [6, 6.07) is 8.11. The average molecular weight is 863 g/mol. The fourth-order valence-electron chi connectivity index (χ4n) is 8.91. The third kappa shape index (κ3) is 6.85. The molecule has 2 aromatic carbocycles. The molecule has 2 atom stereocenters.